The molecule has 29 heavy (non-hydrogen) atoms. The molecule has 1 aliphatic heterocycles. The minimum atomic E-state index is -3.66. The Bertz CT molecular complexity index is 829. The molecule has 0 radical (unpaired) electrons. The van der Waals surface area contributed by atoms with Gasteiger partial charge in [-0.3, -0.25) is 4.79 Å². The number of amides is 1. The number of carbonyl (C=O) groups is 1. The maximum Gasteiger partial charge on any atom is 0.268 e. The Balaban J connectivity index is 2.21. The predicted molar refractivity (Wildman–Crippen MR) is 113 cm³/mol. The molecule has 8 nitrogen and oxygen atoms in total. The van der Waals surface area contributed by atoms with Gasteiger partial charge in [-0.15, -0.1) is 0 Å². The molecule has 1 amide bonds. The van der Waals surface area contributed by atoms with Gasteiger partial charge in [-0.1, -0.05) is 24.6 Å². The lowest BCUT2D eigenvalue weighted by Gasteiger charge is -2.27. The Morgan fingerprint density at radius 1 is 1.31 bits per heavy atom. The quantitative estimate of drug-likeness (QED) is 0.485. The lowest BCUT2D eigenvalue weighted by Crippen LogP contribution is -2.40. The van der Waals surface area contributed by atoms with Crippen LogP contribution in [-0.4, -0.2) is 56.7 Å². The standard InChI is InChI=1S/C20H31N3O5S/c1-5-6-7-18(28-22-15(2)3)20(24)21-17-9-8-16(4)19(14-17)29(25,26)23-10-12-27-13-11-23/h8-9,14,18H,5-7,10-13H2,1-4H3,(H,21,24). The molecular weight excluding hydrogens is 394 g/mol. The fourth-order valence-electron chi connectivity index (χ4n) is 2.89. The first kappa shape index (κ1) is 23.3. The van der Waals surface area contributed by atoms with Crippen molar-refractivity contribution in [2.75, 3.05) is 31.6 Å². The van der Waals surface area contributed by atoms with E-state index in [4.69, 9.17) is 9.57 Å². The van der Waals surface area contributed by atoms with Crippen LogP contribution < -0.4 is 5.32 Å². The summed E-state index contributed by atoms with van der Waals surface area (Å²) in [5.41, 5.74) is 1.75. The second-order valence-electron chi connectivity index (χ2n) is 7.26. The minimum Gasteiger partial charge on any atom is -0.382 e. The maximum absolute atomic E-state index is 13.0. The summed E-state index contributed by atoms with van der Waals surface area (Å²) in [6.45, 7) is 8.75. The van der Waals surface area contributed by atoms with Gasteiger partial charge in [0.2, 0.25) is 16.1 Å². The first-order chi connectivity index (χ1) is 13.8. The maximum atomic E-state index is 13.0. The minimum absolute atomic E-state index is 0.186. The monoisotopic (exact) mass is 425 g/mol. The molecule has 2 rings (SSSR count). The molecule has 1 aromatic carbocycles. The van der Waals surface area contributed by atoms with Crippen LogP contribution in [0.15, 0.2) is 28.3 Å². The number of nitrogens with zero attached hydrogens (tertiary/aromatic N) is 2. The van der Waals surface area contributed by atoms with E-state index in [1.165, 1.54) is 10.4 Å². The summed E-state index contributed by atoms with van der Waals surface area (Å²) >= 11 is 0. The van der Waals surface area contributed by atoms with Crippen LogP contribution in [0.1, 0.15) is 45.6 Å². The van der Waals surface area contributed by atoms with Crippen LogP contribution >= 0.6 is 0 Å². The van der Waals surface area contributed by atoms with Crippen molar-refractivity contribution in [3.05, 3.63) is 23.8 Å². The number of unbranched alkanes of at least 4 members (excludes halogenated alkanes) is 1. The molecular formula is C20H31N3O5S. The molecule has 1 fully saturated rings. The number of sulfonamides is 1. The fraction of sp³-hybridized carbons (Fsp3) is 0.600. The summed E-state index contributed by atoms with van der Waals surface area (Å²) in [6, 6.07) is 4.89. The summed E-state index contributed by atoms with van der Waals surface area (Å²) in [4.78, 5) is 18.3. The zero-order valence-electron chi connectivity index (χ0n) is 17.6. The number of carbonyl (C=O) groups excluding carboxylic acids is 1. The average Bonchev–Trinajstić information content (AvgIpc) is 2.69. The Morgan fingerprint density at radius 3 is 2.62 bits per heavy atom. The number of benzene rings is 1. The highest BCUT2D eigenvalue weighted by molar-refractivity contribution is 7.89. The van der Waals surface area contributed by atoms with E-state index in [2.05, 4.69) is 10.5 Å². The van der Waals surface area contributed by atoms with E-state index < -0.39 is 16.1 Å². The van der Waals surface area contributed by atoms with Crippen molar-refractivity contribution < 1.29 is 22.8 Å². The zero-order chi connectivity index (χ0) is 21.4. The summed E-state index contributed by atoms with van der Waals surface area (Å²) in [6.07, 6.45) is 1.55. The largest absolute Gasteiger partial charge is 0.382 e. The van der Waals surface area contributed by atoms with Gasteiger partial charge in [0.05, 0.1) is 23.8 Å². The van der Waals surface area contributed by atoms with E-state index in [0.717, 1.165) is 12.8 Å². The lowest BCUT2D eigenvalue weighted by atomic mass is 10.1. The van der Waals surface area contributed by atoms with Crippen LogP contribution in [-0.2, 0) is 24.4 Å². The highest BCUT2D eigenvalue weighted by Gasteiger charge is 2.28. The summed E-state index contributed by atoms with van der Waals surface area (Å²) in [5.74, 6) is -0.345. The number of hydrogen-bond acceptors (Lipinski definition) is 6. The number of rotatable bonds is 9. The van der Waals surface area contributed by atoms with Gasteiger partial charge in [0.1, 0.15) is 0 Å². The highest BCUT2D eigenvalue weighted by Crippen LogP contribution is 2.25. The Labute approximate surface area is 173 Å². The number of ether oxygens (including phenoxy) is 1. The number of oxime groups is 1. The lowest BCUT2D eigenvalue weighted by molar-refractivity contribution is -0.127. The molecule has 1 N–H and O–H groups in total. The normalized spacial score (nSPS) is 16.1. The van der Waals surface area contributed by atoms with E-state index in [1.54, 1.807) is 32.9 Å². The first-order valence-electron chi connectivity index (χ1n) is 9.92. The highest BCUT2D eigenvalue weighted by atomic mass is 32.2. The smallest absolute Gasteiger partial charge is 0.268 e. The van der Waals surface area contributed by atoms with Crippen LogP contribution in [0.2, 0.25) is 0 Å². The van der Waals surface area contributed by atoms with Crippen molar-refractivity contribution in [3.63, 3.8) is 0 Å². The number of anilines is 1. The molecule has 1 aliphatic rings. The molecule has 1 heterocycles. The molecule has 0 bridgehead atoms. The number of hydrogen-bond donors (Lipinski definition) is 1. The van der Waals surface area contributed by atoms with E-state index >= 15 is 0 Å². The van der Waals surface area contributed by atoms with Gasteiger partial charge < -0.3 is 14.9 Å². The Kier molecular flexibility index (Phi) is 8.60. The van der Waals surface area contributed by atoms with E-state index in [9.17, 15) is 13.2 Å². The zero-order valence-corrected chi connectivity index (χ0v) is 18.4. The van der Waals surface area contributed by atoms with Gasteiger partial charge in [0.25, 0.3) is 5.91 Å². The van der Waals surface area contributed by atoms with Crippen molar-refractivity contribution in [1.82, 2.24) is 4.31 Å². The Hall–Kier alpha value is -1.97. The molecule has 0 spiro atoms. The molecule has 0 saturated carbocycles. The predicted octanol–water partition coefficient (Wildman–Crippen LogP) is 2.93. The number of morpholine rings is 1. The van der Waals surface area contributed by atoms with Crippen LogP contribution in [0, 0.1) is 6.92 Å². The molecule has 0 aromatic heterocycles. The van der Waals surface area contributed by atoms with E-state index in [1.807, 2.05) is 6.92 Å². The van der Waals surface area contributed by atoms with Crippen LogP contribution in [0.4, 0.5) is 5.69 Å². The van der Waals surface area contributed by atoms with Gasteiger partial charge >= 0.3 is 0 Å². The summed E-state index contributed by atoms with van der Waals surface area (Å²) in [5, 5.41) is 6.69. The third-order valence-corrected chi connectivity index (χ3v) is 6.56. The molecule has 0 aliphatic carbocycles. The summed E-state index contributed by atoms with van der Waals surface area (Å²) in [7, 11) is -3.66. The van der Waals surface area contributed by atoms with Crippen LogP contribution in [0.5, 0.6) is 0 Å². The van der Waals surface area contributed by atoms with Crippen LogP contribution in [0.25, 0.3) is 0 Å². The van der Waals surface area contributed by atoms with Gasteiger partial charge in [-0.05, 0) is 51.3 Å². The van der Waals surface area contributed by atoms with Crippen molar-refractivity contribution in [3.8, 4) is 0 Å². The van der Waals surface area contributed by atoms with E-state index in [0.29, 0.717) is 49.7 Å². The van der Waals surface area contributed by atoms with Gasteiger partial charge in [-0.2, -0.15) is 4.31 Å². The molecule has 1 aromatic rings. The van der Waals surface area contributed by atoms with Crippen molar-refractivity contribution >= 4 is 27.3 Å². The number of nitrogens with one attached hydrogen (secondary N) is 1. The van der Waals surface area contributed by atoms with Crippen LogP contribution in [0.3, 0.4) is 0 Å². The summed E-state index contributed by atoms with van der Waals surface area (Å²) < 4.78 is 32.7. The third kappa shape index (κ3) is 6.52. The molecule has 1 saturated heterocycles. The van der Waals surface area contributed by atoms with Crippen molar-refractivity contribution in [1.29, 1.82) is 0 Å². The third-order valence-electron chi connectivity index (χ3n) is 4.52. The van der Waals surface area contributed by atoms with E-state index in [-0.39, 0.29) is 10.8 Å². The SMILES string of the molecule is CCCCC(ON=C(C)C)C(=O)Nc1ccc(C)c(S(=O)(=O)N2CCOCC2)c1. The van der Waals surface area contributed by atoms with Gasteiger partial charge in [0, 0.05) is 18.8 Å². The van der Waals surface area contributed by atoms with Crippen molar-refractivity contribution in [2.45, 2.75) is 58.0 Å². The topological polar surface area (TPSA) is 97.3 Å². The molecule has 9 heteroatoms. The second-order valence-corrected chi connectivity index (χ2v) is 9.17. The molecule has 1 atom stereocenters. The van der Waals surface area contributed by atoms with Gasteiger partial charge in [0.15, 0.2) is 0 Å². The molecule has 162 valence electrons. The second kappa shape index (κ2) is 10.7. The van der Waals surface area contributed by atoms with Gasteiger partial charge in [-0.25, -0.2) is 8.42 Å². The Morgan fingerprint density at radius 2 is 2.00 bits per heavy atom. The average molecular weight is 426 g/mol. The first-order valence-corrected chi connectivity index (χ1v) is 11.4. The fourth-order valence-corrected chi connectivity index (χ4v) is 4.55. The molecule has 1 unspecified atom stereocenters. The van der Waals surface area contributed by atoms with Crippen molar-refractivity contribution in [2.24, 2.45) is 5.16 Å². The number of aryl methyl sites for hydroxylation is 1.